The van der Waals surface area contributed by atoms with Gasteiger partial charge in [0, 0.05) is 11.1 Å². The van der Waals surface area contributed by atoms with Crippen molar-refractivity contribution < 1.29 is 14.3 Å². The highest BCUT2D eigenvalue weighted by molar-refractivity contribution is 5.97. The number of fused-ring (bicyclic) bond motifs is 1. The number of aromatic nitrogens is 2. The Balaban J connectivity index is 1.53. The summed E-state index contributed by atoms with van der Waals surface area (Å²) in [5.74, 6) is 6.80. The lowest BCUT2D eigenvalue weighted by Crippen LogP contribution is -2.29. The summed E-state index contributed by atoms with van der Waals surface area (Å²) in [6, 6.07) is 19.3. The third-order valence-corrected chi connectivity index (χ3v) is 5.53. The van der Waals surface area contributed by atoms with Gasteiger partial charge >= 0.3 is 0 Å². The molecule has 4 aromatic rings. The minimum atomic E-state index is -0.357. The number of methoxy groups -OCH3 is 1. The van der Waals surface area contributed by atoms with E-state index in [2.05, 4.69) is 60.4 Å². The van der Waals surface area contributed by atoms with Gasteiger partial charge in [0.25, 0.3) is 5.91 Å². The van der Waals surface area contributed by atoms with Gasteiger partial charge in [-0.05, 0) is 52.9 Å². The van der Waals surface area contributed by atoms with E-state index in [9.17, 15) is 4.79 Å². The minimum absolute atomic E-state index is 0.119. The van der Waals surface area contributed by atoms with E-state index in [1.54, 1.807) is 25.3 Å². The van der Waals surface area contributed by atoms with Crippen molar-refractivity contribution in [2.24, 2.45) is 5.84 Å². The van der Waals surface area contributed by atoms with Crippen molar-refractivity contribution in [1.29, 1.82) is 0 Å². The van der Waals surface area contributed by atoms with Gasteiger partial charge in [-0.25, -0.2) is 10.8 Å². The van der Waals surface area contributed by atoms with Crippen LogP contribution >= 0.6 is 0 Å². The molecule has 0 aliphatic carbocycles. The number of hydrogen-bond donors (Lipinski definition) is 3. The summed E-state index contributed by atoms with van der Waals surface area (Å²) in [6.07, 6.45) is 0. The van der Waals surface area contributed by atoms with Crippen LogP contribution in [0.15, 0.2) is 60.7 Å². The van der Waals surface area contributed by atoms with Crippen molar-refractivity contribution in [3.05, 3.63) is 77.4 Å². The second-order valence-electron chi connectivity index (χ2n) is 8.89. The predicted octanol–water partition coefficient (Wildman–Crippen LogP) is 4.72. The highest BCUT2D eigenvalue weighted by Crippen LogP contribution is 2.33. The Hall–Kier alpha value is -3.84. The zero-order valence-corrected chi connectivity index (χ0v) is 19.2. The van der Waals surface area contributed by atoms with Crippen LogP contribution in [0.4, 0.5) is 0 Å². The molecule has 33 heavy (non-hydrogen) atoms. The fourth-order valence-electron chi connectivity index (χ4n) is 3.57. The number of nitrogens with two attached hydrogens (primary N) is 1. The molecule has 0 aliphatic rings. The summed E-state index contributed by atoms with van der Waals surface area (Å²) in [5.41, 5.74) is 7.41. The van der Waals surface area contributed by atoms with E-state index in [-0.39, 0.29) is 11.3 Å². The van der Waals surface area contributed by atoms with Crippen molar-refractivity contribution in [3.63, 3.8) is 0 Å². The molecule has 0 atom stereocenters. The molecule has 0 spiro atoms. The standard InChI is InChI=1S/C26H28N4O3/c1-26(2,3)19-9-5-16(6-10-19)15-33-22-12-8-17(14-23(22)32-4)24-28-20-11-7-18(25(31)30-27)13-21(20)29-24/h5-14H,15,27H2,1-4H3,(H,28,29)(H,30,31). The number of nitrogens with one attached hydrogen (secondary N) is 2. The number of H-pyrrole nitrogens is 1. The molecule has 0 unspecified atom stereocenters. The number of ether oxygens (including phenoxy) is 2. The summed E-state index contributed by atoms with van der Waals surface area (Å²) in [4.78, 5) is 19.6. The monoisotopic (exact) mass is 444 g/mol. The van der Waals surface area contributed by atoms with E-state index in [0.717, 1.165) is 22.2 Å². The molecule has 0 saturated carbocycles. The van der Waals surface area contributed by atoms with E-state index in [4.69, 9.17) is 15.3 Å². The van der Waals surface area contributed by atoms with Crippen molar-refractivity contribution in [2.45, 2.75) is 32.8 Å². The zero-order chi connectivity index (χ0) is 23.6. The van der Waals surface area contributed by atoms with Gasteiger partial charge in [0.1, 0.15) is 12.4 Å². The smallest absolute Gasteiger partial charge is 0.265 e. The van der Waals surface area contributed by atoms with Gasteiger partial charge in [-0.3, -0.25) is 10.2 Å². The van der Waals surface area contributed by atoms with Crippen LogP contribution in [0.2, 0.25) is 0 Å². The van der Waals surface area contributed by atoms with Crippen LogP contribution < -0.4 is 20.7 Å². The lowest BCUT2D eigenvalue weighted by atomic mass is 9.87. The summed E-state index contributed by atoms with van der Waals surface area (Å²) < 4.78 is 11.6. The van der Waals surface area contributed by atoms with Crippen LogP contribution in [-0.2, 0) is 12.0 Å². The van der Waals surface area contributed by atoms with E-state index in [0.29, 0.717) is 29.5 Å². The van der Waals surface area contributed by atoms with Crippen LogP contribution in [0.1, 0.15) is 42.3 Å². The topological polar surface area (TPSA) is 102 Å². The average molecular weight is 445 g/mol. The quantitative estimate of drug-likeness (QED) is 0.227. The van der Waals surface area contributed by atoms with Gasteiger partial charge in [0.15, 0.2) is 11.5 Å². The normalized spacial score (nSPS) is 11.4. The maximum atomic E-state index is 11.8. The number of carbonyl (C=O) groups excluding carboxylic acids is 1. The van der Waals surface area contributed by atoms with E-state index in [1.807, 2.05) is 18.2 Å². The molecule has 1 heterocycles. The molecule has 0 fully saturated rings. The van der Waals surface area contributed by atoms with E-state index < -0.39 is 0 Å². The molecule has 0 aliphatic heterocycles. The Labute approximate surface area is 192 Å². The van der Waals surface area contributed by atoms with Gasteiger partial charge < -0.3 is 14.5 Å². The number of hydrogen-bond acceptors (Lipinski definition) is 5. The number of aromatic amines is 1. The van der Waals surface area contributed by atoms with Crippen molar-refractivity contribution >= 4 is 16.9 Å². The maximum absolute atomic E-state index is 11.8. The Morgan fingerprint density at radius 1 is 1.03 bits per heavy atom. The molecule has 170 valence electrons. The Morgan fingerprint density at radius 2 is 1.79 bits per heavy atom. The lowest BCUT2D eigenvalue weighted by molar-refractivity contribution is 0.0953. The second kappa shape index (κ2) is 8.96. The first-order valence-electron chi connectivity index (χ1n) is 10.7. The molecule has 0 saturated heterocycles. The Kier molecular flexibility index (Phi) is 6.07. The minimum Gasteiger partial charge on any atom is -0.493 e. The Bertz CT molecular complexity index is 1290. The van der Waals surface area contributed by atoms with Crippen LogP contribution in [0.5, 0.6) is 11.5 Å². The molecule has 3 aromatic carbocycles. The maximum Gasteiger partial charge on any atom is 0.265 e. The number of nitrogens with zero attached hydrogens (tertiary/aromatic N) is 1. The largest absolute Gasteiger partial charge is 0.493 e. The lowest BCUT2D eigenvalue weighted by Gasteiger charge is -2.19. The zero-order valence-electron chi connectivity index (χ0n) is 19.2. The van der Waals surface area contributed by atoms with Gasteiger partial charge in [-0.1, -0.05) is 45.0 Å². The molecule has 1 amide bonds. The number of carbonyl (C=O) groups is 1. The number of benzene rings is 3. The third-order valence-electron chi connectivity index (χ3n) is 5.53. The molecule has 0 radical (unpaired) electrons. The SMILES string of the molecule is COc1cc(-c2nc3ccc(C(=O)NN)cc3[nH]2)ccc1OCc1ccc(C(C)(C)C)cc1. The fraction of sp³-hybridized carbons (Fsp3) is 0.231. The molecule has 0 bridgehead atoms. The van der Waals surface area contributed by atoms with Crippen molar-refractivity contribution in [2.75, 3.05) is 7.11 Å². The van der Waals surface area contributed by atoms with Gasteiger partial charge in [-0.15, -0.1) is 0 Å². The van der Waals surface area contributed by atoms with Crippen molar-refractivity contribution in [3.8, 4) is 22.9 Å². The van der Waals surface area contributed by atoms with Crippen molar-refractivity contribution in [1.82, 2.24) is 15.4 Å². The first-order chi connectivity index (χ1) is 15.8. The van der Waals surface area contributed by atoms with Gasteiger partial charge in [0.2, 0.25) is 0 Å². The highest BCUT2D eigenvalue weighted by atomic mass is 16.5. The van der Waals surface area contributed by atoms with Crippen LogP contribution in [-0.4, -0.2) is 23.0 Å². The first-order valence-corrected chi connectivity index (χ1v) is 10.7. The highest BCUT2D eigenvalue weighted by Gasteiger charge is 2.14. The number of hydrazine groups is 1. The van der Waals surface area contributed by atoms with E-state index >= 15 is 0 Å². The van der Waals surface area contributed by atoms with E-state index in [1.165, 1.54) is 5.56 Å². The summed E-state index contributed by atoms with van der Waals surface area (Å²) >= 11 is 0. The third kappa shape index (κ3) is 4.83. The molecule has 7 heteroatoms. The summed E-state index contributed by atoms with van der Waals surface area (Å²) in [6.45, 7) is 7.03. The summed E-state index contributed by atoms with van der Waals surface area (Å²) in [7, 11) is 1.61. The van der Waals surface area contributed by atoms with Crippen LogP contribution in [0, 0.1) is 0 Å². The molecule has 1 aromatic heterocycles. The fourth-order valence-corrected chi connectivity index (χ4v) is 3.57. The second-order valence-corrected chi connectivity index (χ2v) is 8.89. The molecule has 4 rings (SSSR count). The van der Waals surface area contributed by atoms with Gasteiger partial charge in [-0.2, -0.15) is 0 Å². The number of imidazole rings is 1. The van der Waals surface area contributed by atoms with Crippen LogP contribution in [0.25, 0.3) is 22.4 Å². The molecular formula is C26H28N4O3. The first kappa shape index (κ1) is 22.4. The van der Waals surface area contributed by atoms with Crippen LogP contribution in [0.3, 0.4) is 0 Å². The number of nitrogen functional groups attached to an aromatic ring is 1. The number of amides is 1. The predicted molar refractivity (Wildman–Crippen MR) is 129 cm³/mol. The Morgan fingerprint density at radius 3 is 2.45 bits per heavy atom. The molecular weight excluding hydrogens is 416 g/mol. The molecule has 7 nitrogen and oxygen atoms in total. The number of rotatable bonds is 6. The summed E-state index contributed by atoms with van der Waals surface area (Å²) in [5, 5.41) is 0. The average Bonchev–Trinajstić information content (AvgIpc) is 3.25. The molecule has 4 N–H and O–H groups in total. The van der Waals surface area contributed by atoms with Gasteiger partial charge in [0.05, 0.1) is 18.1 Å².